The van der Waals surface area contributed by atoms with E-state index in [0.717, 1.165) is 17.3 Å². The molecule has 1 N–H and O–H groups in total. The zero-order valence-electron chi connectivity index (χ0n) is 15.2. The fourth-order valence-corrected chi connectivity index (χ4v) is 3.38. The van der Waals surface area contributed by atoms with Crippen LogP contribution in [0.5, 0.6) is 0 Å². The first-order valence-electron chi connectivity index (χ1n) is 8.66. The van der Waals surface area contributed by atoms with Crippen LogP contribution in [-0.2, 0) is 16.0 Å². The second kappa shape index (κ2) is 9.27. The van der Waals surface area contributed by atoms with Crippen molar-refractivity contribution in [2.75, 3.05) is 5.75 Å². The number of Topliss-reactive ketones (excluding diaryl/α,β-unsaturated/α-hetero) is 1. The summed E-state index contributed by atoms with van der Waals surface area (Å²) in [6.07, 6.45) is 1.82. The van der Waals surface area contributed by atoms with Gasteiger partial charge >= 0.3 is 0 Å². The lowest BCUT2D eigenvalue weighted by Gasteiger charge is -2.16. The molecule has 3 rings (SSSR count). The summed E-state index contributed by atoms with van der Waals surface area (Å²) >= 11 is 1.12. The number of nitrogens with zero attached hydrogens (tertiary/aromatic N) is 3. The van der Waals surface area contributed by atoms with E-state index in [1.54, 1.807) is 18.2 Å². The molecule has 0 saturated carbocycles. The fourth-order valence-electron chi connectivity index (χ4n) is 2.65. The number of carbonyl (C=O) groups is 2. The normalized spacial score (nSPS) is 11.8. The van der Waals surface area contributed by atoms with E-state index >= 15 is 0 Å². The number of hydrogen-bond donors (Lipinski definition) is 1. The number of halogens is 1. The second-order valence-electron chi connectivity index (χ2n) is 6.14. The molecule has 1 heterocycles. The Kier molecular flexibility index (Phi) is 6.54. The maximum Gasteiger partial charge on any atom is 0.231 e. The molecule has 0 saturated heterocycles. The summed E-state index contributed by atoms with van der Waals surface area (Å²) in [7, 11) is 0. The number of carbonyl (C=O) groups excluding carboxylic acids is 2. The lowest BCUT2D eigenvalue weighted by atomic mass is 10.0. The quantitative estimate of drug-likeness (QED) is 0.591. The van der Waals surface area contributed by atoms with Crippen LogP contribution < -0.4 is 5.32 Å². The van der Waals surface area contributed by atoms with Crippen LogP contribution in [0.4, 0.5) is 4.39 Å². The van der Waals surface area contributed by atoms with Crippen molar-refractivity contribution in [3.05, 3.63) is 72.3 Å². The number of nitrogens with one attached hydrogen (secondary N) is 1. The minimum absolute atomic E-state index is 0.0334. The van der Waals surface area contributed by atoms with E-state index in [1.165, 1.54) is 23.9 Å². The van der Waals surface area contributed by atoms with Crippen LogP contribution in [0.3, 0.4) is 0 Å². The highest BCUT2D eigenvalue weighted by Crippen LogP contribution is 2.21. The number of aromatic nitrogens is 3. The molecule has 0 aliphatic heterocycles. The molecule has 3 aromatic rings. The molecule has 8 heteroatoms. The molecule has 0 bridgehead atoms. The van der Waals surface area contributed by atoms with Crippen LogP contribution in [0.1, 0.15) is 12.5 Å². The molecule has 2 aromatic carbocycles. The predicted molar refractivity (Wildman–Crippen MR) is 105 cm³/mol. The molecule has 28 heavy (non-hydrogen) atoms. The summed E-state index contributed by atoms with van der Waals surface area (Å²) in [6.45, 7) is 1.45. The zero-order valence-corrected chi connectivity index (χ0v) is 16.0. The number of ketones is 1. The zero-order chi connectivity index (χ0) is 19.9. The first-order chi connectivity index (χ1) is 13.5. The van der Waals surface area contributed by atoms with Crippen LogP contribution in [-0.4, -0.2) is 38.2 Å². The Labute approximate surface area is 166 Å². The minimum atomic E-state index is -0.597. The van der Waals surface area contributed by atoms with Crippen LogP contribution in [0.15, 0.2) is 66.1 Å². The molecule has 6 nitrogen and oxygen atoms in total. The van der Waals surface area contributed by atoms with Gasteiger partial charge in [0, 0.05) is 0 Å². The maximum absolute atomic E-state index is 14.0. The third-order valence-corrected chi connectivity index (χ3v) is 5.01. The topological polar surface area (TPSA) is 76.9 Å². The third-order valence-electron chi connectivity index (χ3n) is 4.07. The molecule has 1 amide bonds. The molecule has 0 radical (unpaired) electrons. The van der Waals surface area contributed by atoms with Crippen molar-refractivity contribution in [2.24, 2.45) is 0 Å². The molecule has 0 aliphatic rings. The molecule has 0 spiro atoms. The SMILES string of the molecule is CC(=O)[C@@H](Cc1ccccc1)NC(=O)CSc1nncn1-c1ccccc1F. The number of amides is 1. The Morgan fingerprint density at radius 1 is 1.14 bits per heavy atom. The van der Waals surface area contributed by atoms with E-state index < -0.39 is 11.9 Å². The van der Waals surface area contributed by atoms with Gasteiger partial charge in [-0.25, -0.2) is 4.39 Å². The highest BCUT2D eigenvalue weighted by Gasteiger charge is 2.19. The molecule has 144 valence electrons. The van der Waals surface area contributed by atoms with Crippen LogP contribution >= 0.6 is 11.8 Å². The van der Waals surface area contributed by atoms with E-state index in [4.69, 9.17) is 0 Å². The molecular weight excluding hydrogens is 379 g/mol. The first-order valence-corrected chi connectivity index (χ1v) is 9.64. The van der Waals surface area contributed by atoms with Crippen molar-refractivity contribution in [3.8, 4) is 5.69 Å². The van der Waals surface area contributed by atoms with E-state index in [2.05, 4.69) is 15.5 Å². The number of hydrogen-bond acceptors (Lipinski definition) is 5. The molecule has 0 unspecified atom stereocenters. The lowest BCUT2D eigenvalue weighted by molar-refractivity contribution is -0.125. The molecule has 1 atom stereocenters. The highest BCUT2D eigenvalue weighted by molar-refractivity contribution is 7.99. The first kappa shape index (κ1) is 19.8. The van der Waals surface area contributed by atoms with Gasteiger partial charge in [0.25, 0.3) is 0 Å². The molecule has 0 aliphatic carbocycles. The van der Waals surface area contributed by atoms with E-state index in [-0.39, 0.29) is 17.4 Å². The van der Waals surface area contributed by atoms with E-state index in [1.807, 2.05) is 30.3 Å². The summed E-state index contributed by atoms with van der Waals surface area (Å²) in [6, 6.07) is 15.2. The highest BCUT2D eigenvalue weighted by atomic mass is 32.2. The summed E-state index contributed by atoms with van der Waals surface area (Å²) in [4.78, 5) is 24.2. The average Bonchev–Trinajstić information content (AvgIpc) is 3.15. The van der Waals surface area contributed by atoms with Crippen molar-refractivity contribution in [3.63, 3.8) is 0 Å². The third kappa shape index (κ3) is 5.04. The number of rotatable bonds is 8. The summed E-state index contributed by atoms with van der Waals surface area (Å²) in [5.74, 6) is -0.792. The van der Waals surface area contributed by atoms with E-state index in [0.29, 0.717) is 17.3 Å². The van der Waals surface area contributed by atoms with Crippen LogP contribution in [0.25, 0.3) is 5.69 Å². The van der Waals surface area contributed by atoms with Gasteiger partial charge in [0.05, 0.1) is 17.5 Å². The van der Waals surface area contributed by atoms with E-state index in [9.17, 15) is 14.0 Å². The van der Waals surface area contributed by atoms with Gasteiger partial charge in [-0.2, -0.15) is 0 Å². The largest absolute Gasteiger partial charge is 0.345 e. The van der Waals surface area contributed by atoms with Crippen LogP contribution in [0, 0.1) is 5.82 Å². The van der Waals surface area contributed by atoms with Gasteiger partial charge in [-0.1, -0.05) is 54.2 Å². The van der Waals surface area contributed by atoms with Crippen molar-refractivity contribution in [1.29, 1.82) is 0 Å². The van der Waals surface area contributed by atoms with Crippen molar-refractivity contribution < 1.29 is 14.0 Å². The van der Waals surface area contributed by atoms with Crippen molar-refractivity contribution in [1.82, 2.24) is 20.1 Å². The Morgan fingerprint density at radius 2 is 1.86 bits per heavy atom. The van der Waals surface area contributed by atoms with Gasteiger partial charge in [-0.3, -0.25) is 14.2 Å². The van der Waals surface area contributed by atoms with Gasteiger partial charge < -0.3 is 5.32 Å². The second-order valence-corrected chi connectivity index (χ2v) is 7.09. The van der Waals surface area contributed by atoms with Gasteiger partial charge in [0.2, 0.25) is 5.91 Å². The molecule has 1 aromatic heterocycles. The van der Waals surface area contributed by atoms with Gasteiger partial charge in [0.1, 0.15) is 12.1 Å². The van der Waals surface area contributed by atoms with Crippen molar-refractivity contribution >= 4 is 23.5 Å². The lowest BCUT2D eigenvalue weighted by Crippen LogP contribution is -2.42. The summed E-state index contributed by atoms with van der Waals surface area (Å²) in [5.41, 5.74) is 1.27. The Balaban J connectivity index is 1.62. The summed E-state index contributed by atoms with van der Waals surface area (Å²) < 4.78 is 15.5. The Hall–Kier alpha value is -3.00. The monoisotopic (exact) mass is 398 g/mol. The maximum atomic E-state index is 14.0. The smallest absolute Gasteiger partial charge is 0.231 e. The number of benzene rings is 2. The van der Waals surface area contributed by atoms with Gasteiger partial charge in [-0.15, -0.1) is 10.2 Å². The van der Waals surface area contributed by atoms with Gasteiger partial charge in [0.15, 0.2) is 10.9 Å². The Bertz CT molecular complexity index is 962. The molecule has 0 fully saturated rings. The predicted octanol–water partition coefficient (Wildman–Crippen LogP) is 2.82. The minimum Gasteiger partial charge on any atom is -0.345 e. The Morgan fingerprint density at radius 3 is 2.57 bits per heavy atom. The average molecular weight is 398 g/mol. The van der Waals surface area contributed by atoms with Crippen LogP contribution in [0.2, 0.25) is 0 Å². The summed E-state index contributed by atoms with van der Waals surface area (Å²) in [5, 5.41) is 10.9. The molecular formula is C20H19FN4O2S. The fraction of sp³-hybridized carbons (Fsp3) is 0.200. The standard InChI is InChI=1S/C20H19FN4O2S/c1-14(26)17(11-15-7-3-2-4-8-15)23-19(27)12-28-20-24-22-13-25(20)18-10-6-5-9-16(18)21/h2-10,13,17H,11-12H2,1H3,(H,23,27)/t17-/m1/s1. The number of para-hydroxylation sites is 1. The van der Waals surface area contributed by atoms with Crippen molar-refractivity contribution in [2.45, 2.75) is 24.5 Å². The van der Waals surface area contributed by atoms with Gasteiger partial charge in [-0.05, 0) is 31.0 Å². The number of thioether (sulfide) groups is 1.